The highest BCUT2D eigenvalue weighted by atomic mass is 35.5. The van der Waals surface area contributed by atoms with Gasteiger partial charge in [0, 0.05) is 26.7 Å². The van der Waals surface area contributed by atoms with Crippen molar-refractivity contribution in [3.05, 3.63) is 99.5 Å². The Balaban J connectivity index is 1.61. The van der Waals surface area contributed by atoms with E-state index in [4.69, 9.17) is 23.2 Å². The van der Waals surface area contributed by atoms with Crippen LogP contribution in [0.15, 0.2) is 83.0 Å². The van der Waals surface area contributed by atoms with E-state index in [1.54, 1.807) is 48.7 Å². The zero-order valence-electron chi connectivity index (χ0n) is 14.6. The van der Waals surface area contributed by atoms with Crippen LogP contribution in [-0.4, -0.2) is 18.3 Å². The third kappa shape index (κ3) is 5.42. The van der Waals surface area contributed by atoms with Gasteiger partial charge in [-0.25, -0.2) is 5.43 Å². The molecule has 0 saturated carbocycles. The highest BCUT2D eigenvalue weighted by Crippen LogP contribution is 2.14. The van der Waals surface area contributed by atoms with Crippen LogP contribution in [0, 0.1) is 0 Å². The van der Waals surface area contributed by atoms with Crippen molar-refractivity contribution in [2.75, 3.05) is 5.43 Å². The van der Waals surface area contributed by atoms with E-state index in [-0.39, 0.29) is 5.91 Å². The summed E-state index contributed by atoms with van der Waals surface area (Å²) in [5.74, 6) is -0.345. The van der Waals surface area contributed by atoms with E-state index < -0.39 is 0 Å². The van der Waals surface area contributed by atoms with Crippen molar-refractivity contribution in [2.45, 2.75) is 0 Å². The molecule has 0 spiro atoms. The number of hydrazone groups is 2. The number of hydrogen-bond acceptors (Lipinski definition) is 4. The van der Waals surface area contributed by atoms with Gasteiger partial charge in [0.05, 0.1) is 18.1 Å². The van der Waals surface area contributed by atoms with Crippen LogP contribution in [-0.2, 0) is 0 Å². The van der Waals surface area contributed by atoms with Crippen LogP contribution >= 0.6 is 23.2 Å². The number of hydrogen-bond donors (Lipinski definition) is 2. The molecule has 5 nitrogen and oxygen atoms in total. The number of halogens is 2. The number of nitrogens with one attached hydrogen (secondary N) is 2. The minimum Gasteiger partial charge on any atom is -0.278 e. The molecule has 2 N–H and O–H groups in total. The Bertz CT molecular complexity index is 1030. The Hall–Kier alpha value is -3.15. The van der Waals surface area contributed by atoms with Crippen molar-refractivity contribution in [3.63, 3.8) is 0 Å². The van der Waals surface area contributed by atoms with Crippen LogP contribution in [0.2, 0.25) is 10.0 Å². The fraction of sp³-hybridized carbons (Fsp3) is 0. The lowest BCUT2D eigenvalue weighted by Gasteiger charge is -2.04. The van der Waals surface area contributed by atoms with Crippen LogP contribution in [0.25, 0.3) is 0 Å². The van der Waals surface area contributed by atoms with Crippen molar-refractivity contribution >= 4 is 47.2 Å². The normalized spacial score (nSPS) is 11.1. The van der Waals surface area contributed by atoms with Gasteiger partial charge in [-0.2, -0.15) is 10.2 Å². The second-order valence-corrected chi connectivity index (χ2v) is 6.51. The maximum Gasteiger partial charge on any atom is 0.271 e. The molecule has 0 heterocycles. The number of amides is 1. The standard InChI is InChI=1S/C21H16Cl2N4O/c22-19-10-3-1-6-16(19)13-24-26-18-9-5-8-15(12-18)21(28)27-25-14-17-7-2-4-11-20(17)23/h1-14,26H,(H,27,28)/b24-13+,25-14+. The molecule has 28 heavy (non-hydrogen) atoms. The number of nitrogens with zero attached hydrogens (tertiary/aromatic N) is 2. The monoisotopic (exact) mass is 410 g/mol. The van der Waals surface area contributed by atoms with Crippen LogP contribution in [0.4, 0.5) is 5.69 Å². The molecule has 7 heteroatoms. The van der Waals surface area contributed by atoms with Crippen molar-refractivity contribution in [3.8, 4) is 0 Å². The maximum atomic E-state index is 12.3. The number of anilines is 1. The van der Waals surface area contributed by atoms with Gasteiger partial charge >= 0.3 is 0 Å². The van der Waals surface area contributed by atoms with Crippen LogP contribution < -0.4 is 10.9 Å². The first-order valence-electron chi connectivity index (χ1n) is 8.35. The Morgan fingerprint density at radius 3 is 2.04 bits per heavy atom. The molecule has 0 radical (unpaired) electrons. The lowest BCUT2D eigenvalue weighted by Crippen LogP contribution is -2.17. The van der Waals surface area contributed by atoms with E-state index in [0.717, 1.165) is 5.56 Å². The Kier molecular flexibility index (Phi) is 6.78. The molecule has 0 saturated heterocycles. The summed E-state index contributed by atoms with van der Waals surface area (Å²) in [6.45, 7) is 0. The first-order chi connectivity index (χ1) is 13.6. The predicted molar refractivity (Wildman–Crippen MR) is 116 cm³/mol. The summed E-state index contributed by atoms with van der Waals surface area (Å²) in [6, 6.07) is 21.5. The molecule has 140 valence electrons. The smallest absolute Gasteiger partial charge is 0.271 e. The van der Waals surface area contributed by atoms with E-state index in [1.165, 1.54) is 6.21 Å². The molecule has 0 bridgehead atoms. The Labute approximate surface area is 172 Å². The summed E-state index contributed by atoms with van der Waals surface area (Å²) in [5, 5.41) is 9.26. The van der Waals surface area contributed by atoms with Gasteiger partial charge in [0.2, 0.25) is 0 Å². The minimum absolute atomic E-state index is 0.345. The average molecular weight is 411 g/mol. The third-order valence-electron chi connectivity index (χ3n) is 3.70. The zero-order chi connectivity index (χ0) is 19.8. The molecule has 0 unspecified atom stereocenters. The van der Waals surface area contributed by atoms with Gasteiger partial charge in [-0.3, -0.25) is 10.2 Å². The van der Waals surface area contributed by atoms with Crippen molar-refractivity contribution in [2.24, 2.45) is 10.2 Å². The second-order valence-electron chi connectivity index (χ2n) is 5.69. The van der Waals surface area contributed by atoms with Gasteiger partial charge in [0.1, 0.15) is 0 Å². The Morgan fingerprint density at radius 1 is 0.786 bits per heavy atom. The van der Waals surface area contributed by atoms with E-state index in [2.05, 4.69) is 21.1 Å². The molecule has 0 atom stereocenters. The molecule has 3 aromatic rings. The van der Waals surface area contributed by atoms with Gasteiger partial charge in [-0.1, -0.05) is 65.7 Å². The van der Waals surface area contributed by atoms with Crippen LogP contribution in [0.1, 0.15) is 21.5 Å². The van der Waals surface area contributed by atoms with E-state index >= 15 is 0 Å². The fourth-order valence-corrected chi connectivity index (χ4v) is 2.66. The van der Waals surface area contributed by atoms with Crippen LogP contribution in [0.5, 0.6) is 0 Å². The van der Waals surface area contributed by atoms with E-state index in [1.807, 2.05) is 30.3 Å². The quantitative estimate of drug-likeness (QED) is 0.432. The zero-order valence-corrected chi connectivity index (χ0v) is 16.2. The first kappa shape index (κ1) is 19.6. The number of benzene rings is 3. The maximum absolute atomic E-state index is 12.3. The summed E-state index contributed by atoms with van der Waals surface area (Å²) < 4.78 is 0. The molecule has 3 aromatic carbocycles. The number of carbonyl (C=O) groups excluding carboxylic acids is 1. The molecule has 0 fully saturated rings. The van der Waals surface area contributed by atoms with Crippen molar-refractivity contribution in [1.82, 2.24) is 5.43 Å². The summed E-state index contributed by atoms with van der Waals surface area (Å²) in [4.78, 5) is 12.3. The molecule has 0 aliphatic rings. The molecular formula is C21H16Cl2N4O. The van der Waals surface area contributed by atoms with Gasteiger partial charge in [0.15, 0.2) is 0 Å². The van der Waals surface area contributed by atoms with Crippen molar-refractivity contribution in [1.29, 1.82) is 0 Å². The molecule has 3 rings (SSSR count). The van der Waals surface area contributed by atoms with Crippen molar-refractivity contribution < 1.29 is 4.79 Å². The van der Waals surface area contributed by atoms with E-state index in [0.29, 0.717) is 26.9 Å². The lowest BCUT2D eigenvalue weighted by atomic mass is 10.2. The highest BCUT2D eigenvalue weighted by Gasteiger charge is 2.05. The highest BCUT2D eigenvalue weighted by molar-refractivity contribution is 6.33. The molecule has 0 aromatic heterocycles. The summed E-state index contributed by atoms with van der Waals surface area (Å²) >= 11 is 12.1. The average Bonchev–Trinajstić information content (AvgIpc) is 2.71. The second kappa shape index (κ2) is 9.69. The van der Waals surface area contributed by atoms with Crippen LogP contribution in [0.3, 0.4) is 0 Å². The minimum atomic E-state index is -0.345. The summed E-state index contributed by atoms with van der Waals surface area (Å²) in [5.41, 5.74) is 7.96. The van der Waals surface area contributed by atoms with Gasteiger partial charge in [-0.15, -0.1) is 0 Å². The fourth-order valence-electron chi connectivity index (χ4n) is 2.29. The predicted octanol–water partition coefficient (Wildman–Crippen LogP) is 5.20. The summed E-state index contributed by atoms with van der Waals surface area (Å²) in [7, 11) is 0. The van der Waals surface area contributed by atoms with Gasteiger partial charge in [0.25, 0.3) is 5.91 Å². The number of rotatable bonds is 6. The molecule has 0 aliphatic heterocycles. The van der Waals surface area contributed by atoms with Gasteiger partial charge < -0.3 is 0 Å². The first-order valence-corrected chi connectivity index (χ1v) is 9.11. The SMILES string of the molecule is O=C(N/N=C/c1ccccc1Cl)c1cccc(N/N=C/c2ccccc2Cl)c1. The number of carbonyl (C=O) groups is 1. The molecular weight excluding hydrogens is 395 g/mol. The molecule has 1 amide bonds. The Morgan fingerprint density at radius 2 is 1.39 bits per heavy atom. The topological polar surface area (TPSA) is 65.8 Å². The third-order valence-corrected chi connectivity index (χ3v) is 4.39. The van der Waals surface area contributed by atoms with Gasteiger partial charge in [-0.05, 0) is 30.3 Å². The summed E-state index contributed by atoms with van der Waals surface area (Å²) in [6.07, 6.45) is 3.11. The molecule has 0 aliphatic carbocycles. The van der Waals surface area contributed by atoms with E-state index in [9.17, 15) is 4.79 Å². The largest absolute Gasteiger partial charge is 0.278 e. The lowest BCUT2D eigenvalue weighted by molar-refractivity contribution is 0.0955.